The van der Waals surface area contributed by atoms with Gasteiger partial charge in [-0.3, -0.25) is 0 Å². The lowest BCUT2D eigenvalue weighted by Gasteiger charge is -2.16. The molecule has 0 radical (unpaired) electrons. The zero-order valence-electron chi connectivity index (χ0n) is 9.51. The lowest BCUT2D eigenvalue weighted by Crippen LogP contribution is -2.30. The molecule has 1 atom stereocenters. The van der Waals surface area contributed by atoms with Crippen LogP contribution in [0.1, 0.15) is 31.4 Å². The summed E-state index contributed by atoms with van der Waals surface area (Å²) in [6.07, 6.45) is 2.35. The van der Waals surface area contributed by atoms with Crippen molar-refractivity contribution in [2.24, 2.45) is 0 Å². The Morgan fingerprint density at radius 3 is 2.50 bits per heavy atom. The smallest absolute Gasteiger partial charge is 0.0105 e. The van der Waals surface area contributed by atoms with Gasteiger partial charge < -0.3 is 5.32 Å². The molecule has 0 amide bonds. The molecule has 0 aliphatic heterocycles. The maximum Gasteiger partial charge on any atom is 0.0105 e. The first kappa shape index (κ1) is 11.3. The second kappa shape index (κ2) is 5.82. The highest BCUT2D eigenvalue weighted by molar-refractivity contribution is 5.26. The molecule has 0 heterocycles. The minimum Gasteiger partial charge on any atom is -0.314 e. The van der Waals surface area contributed by atoms with E-state index in [0.717, 1.165) is 13.0 Å². The van der Waals surface area contributed by atoms with Gasteiger partial charge in [0.05, 0.1) is 0 Å². The Morgan fingerprint density at radius 2 is 1.93 bits per heavy atom. The van der Waals surface area contributed by atoms with Crippen LogP contribution in [0, 0.1) is 6.92 Å². The van der Waals surface area contributed by atoms with E-state index >= 15 is 0 Å². The second-order valence-corrected chi connectivity index (χ2v) is 3.79. The highest BCUT2D eigenvalue weighted by Gasteiger charge is 2.06. The van der Waals surface area contributed by atoms with Gasteiger partial charge in [-0.05, 0) is 37.4 Å². The molecule has 0 aliphatic rings. The van der Waals surface area contributed by atoms with E-state index in [9.17, 15) is 0 Å². The number of hydrogen-bond acceptors (Lipinski definition) is 1. The molecule has 0 aliphatic carbocycles. The predicted octanol–water partition coefficient (Wildman–Crippen LogP) is 2.93. The van der Waals surface area contributed by atoms with Gasteiger partial charge in [-0.2, -0.15) is 0 Å². The van der Waals surface area contributed by atoms with Crippen LogP contribution in [0.15, 0.2) is 24.3 Å². The monoisotopic (exact) mass is 191 g/mol. The fourth-order valence-electron chi connectivity index (χ4n) is 1.75. The van der Waals surface area contributed by atoms with Crippen LogP contribution in [-0.2, 0) is 6.42 Å². The average Bonchev–Trinajstić information content (AvgIpc) is 2.20. The maximum absolute atomic E-state index is 3.51. The van der Waals surface area contributed by atoms with E-state index in [1.54, 1.807) is 0 Å². The van der Waals surface area contributed by atoms with E-state index in [0.29, 0.717) is 6.04 Å². The summed E-state index contributed by atoms with van der Waals surface area (Å²) in [4.78, 5) is 0. The third-order valence-electron chi connectivity index (χ3n) is 2.71. The Bertz CT molecular complexity index is 268. The molecule has 14 heavy (non-hydrogen) atoms. The number of benzene rings is 1. The predicted molar refractivity (Wildman–Crippen MR) is 62.6 cm³/mol. The lowest BCUT2D eigenvalue weighted by atomic mass is 10.00. The van der Waals surface area contributed by atoms with Crippen molar-refractivity contribution in [1.29, 1.82) is 0 Å². The van der Waals surface area contributed by atoms with Crippen LogP contribution in [0.5, 0.6) is 0 Å². The van der Waals surface area contributed by atoms with Crippen molar-refractivity contribution < 1.29 is 0 Å². The zero-order chi connectivity index (χ0) is 10.4. The Morgan fingerprint density at radius 1 is 1.21 bits per heavy atom. The highest BCUT2D eigenvalue weighted by atomic mass is 14.9. The van der Waals surface area contributed by atoms with E-state index in [-0.39, 0.29) is 0 Å². The summed E-state index contributed by atoms with van der Waals surface area (Å²) in [5.41, 5.74) is 2.88. The molecule has 78 valence electrons. The number of aryl methyl sites for hydroxylation is 1. The number of likely N-dealkylation sites (N-methyl/N-ethyl adjacent to an activating group) is 1. The van der Waals surface area contributed by atoms with Gasteiger partial charge in [-0.25, -0.2) is 0 Å². The Balaban J connectivity index is 2.62. The molecule has 0 aromatic heterocycles. The molecular formula is C13H21N. The van der Waals surface area contributed by atoms with Gasteiger partial charge in [0.25, 0.3) is 0 Å². The molecular weight excluding hydrogens is 170 g/mol. The van der Waals surface area contributed by atoms with Gasteiger partial charge in [-0.1, -0.05) is 38.1 Å². The van der Waals surface area contributed by atoms with Gasteiger partial charge >= 0.3 is 0 Å². The molecule has 0 saturated carbocycles. The van der Waals surface area contributed by atoms with E-state index in [1.807, 2.05) is 0 Å². The Kier molecular flexibility index (Phi) is 4.68. The molecule has 1 N–H and O–H groups in total. The molecule has 1 aromatic rings. The number of rotatable bonds is 5. The Hall–Kier alpha value is -0.820. The molecule has 1 heteroatoms. The van der Waals surface area contributed by atoms with Crippen LogP contribution in [-0.4, -0.2) is 12.6 Å². The van der Waals surface area contributed by atoms with Gasteiger partial charge in [0.2, 0.25) is 0 Å². The third kappa shape index (κ3) is 3.15. The van der Waals surface area contributed by atoms with Crippen molar-refractivity contribution in [3.05, 3.63) is 35.4 Å². The summed E-state index contributed by atoms with van der Waals surface area (Å²) in [6.45, 7) is 7.66. The van der Waals surface area contributed by atoms with E-state index in [1.165, 1.54) is 17.5 Å². The van der Waals surface area contributed by atoms with E-state index < -0.39 is 0 Å². The molecule has 0 spiro atoms. The van der Waals surface area contributed by atoms with Crippen LogP contribution < -0.4 is 5.32 Å². The Labute approximate surface area is 87.5 Å². The average molecular weight is 191 g/mol. The summed E-state index contributed by atoms with van der Waals surface area (Å²) < 4.78 is 0. The minimum absolute atomic E-state index is 0.626. The number of nitrogens with one attached hydrogen (secondary N) is 1. The van der Waals surface area contributed by atoms with Crippen molar-refractivity contribution >= 4 is 0 Å². The van der Waals surface area contributed by atoms with Gasteiger partial charge in [0, 0.05) is 6.04 Å². The van der Waals surface area contributed by atoms with Crippen molar-refractivity contribution in [2.45, 2.75) is 39.7 Å². The molecule has 1 rings (SSSR count). The van der Waals surface area contributed by atoms with Crippen molar-refractivity contribution in [2.75, 3.05) is 6.54 Å². The molecule has 0 saturated heterocycles. The zero-order valence-corrected chi connectivity index (χ0v) is 9.51. The van der Waals surface area contributed by atoms with Gasteiger partial charge in [0.1, 0.15) is 0 Å². The lowest BCUT2D eigenvalue weighted by molar-refractivity contribution is 0.509. The van der Waals surface area contributed by atoms with E-state index in [4.69, 9.17) is 0 Å². The topological polar surface area (TPSA) is 12.0 Å². The van der Waals surface area contributed by atoms with Crippen LogP contribution in [0.25, 0.3) is 0 Å². The second-order valence-electron chi connectivity index (χ2n) is 3.79. The molecule has 0 bridgehead atoms. The van der Waals surface area contributed by atoms with Gasteiger partial charge in [0.15, 0.2) is 0 Å². The first-order valence-corrected chi connectivity index (χ1v) is 5.55. The standard InChI is InChI=1S/C13H21N/c1-4-13(14-5-2)10-12-9-7-6-8-11(12)3/h6-9,13-14H,4-5,10H2,1-3H3. The first-order chi connectivity index (χ1) is 6.77. The summed E-state index contributed by atoms with van der Waals surface area (Å²) in [5, 5.41) is 3.51. The van der Waals surface area contributed by atoms with Crippen molar-refractivity contribution in [3.8, 4) is 0 Å². The minimum atomic E-state index is 0.626. The first-order valence-electron chi connectivity index (χ1n) is 5.55. The molecule has 1 aromatic carbocycles. The summed E-state index contributed by atoms with van der Waals surface area (Å²) in [6, 6.07) is 9.28. The molecule has 1 unspecified atom stereocenters. The fraction of sp³-hybridized carbons (Fsp3) is 0.538. The quantitative estimate of drug-likeness (QED) is 0.754. The molecule has 1 nitrogen and oxygen atoms in total. The highest BCUT2D eigenvalue weighted by Crippen LogP contribution is 2.10. The van der Waals surface area contributed by atoms with Crippen molar-refractivity contribution in [3.63, 3.8) is 0 Å². The van der Waals surface area contributed by atoms with Crippen molar-refractivity contribution in [1.82, 2.24) is 5.32 Å². The van der Waals surface area contributed by atoms with Crippen LogP contribution in [0.4, 0.5) is 0 Å². The van der Waals surface area contributed by atoms with Crippen LogP contribution in [0.2, 0.25) is 0 Å². The maximum atomic E-state index is 3.51. The van der Waals surface area contributed by atoms with Crippen LogP contribution in [0.3, 0.4) is 0 Å². The normalized spacial score (nSPS) is 12.8. The summed E-state index contributed by atoms with van der Waals surface area (Å²) in [7, 11) is 0. The summed E-state index contributed by atoms with van der Waals surface area (Å²) in [5.74, 6) is 0. The fourth-order valence-corrected chi connectivity index (χ4v) is 1.75. The summed E-state index contributed by atoms with van der Waals surface area (Å²) >= 11 is 0. The van der Waals surface area contributed by atoms with Crippen LogP contribution >= 0.6 is 0 Å². The van der Waals surface area contributed by atoms with Gasteiger partial charge in [-0.15, -0.1) is 0 Å². The third-order valence-corrected chi connectivity index (χ3v) is 2.71. The SMILES string of the molecule is CCNC(CC)Cc1ccccc1C. The van der Waals surface area contributed by atoms with E-state index in [2.05, 4.69) is 50.4 Å². The molecule has 0 fully saturated rings. The largest absolute Gasteiger partial charge is 0.314 e. The number of hydrogen-bond donors (Lipinski definition) is 1.